The van der Waals surface area contributed by atoms with Crippen LogP contribution in [0.2, 0.25) is 0 Å². The van der Waals surface area contributed by atoms with Gasteiger partial charge in [-0.15, -0.1) is 0 Å². The average Bonchev–Trinajstić information content (AvgIpc) is 2.91. The van der Waals surface area contributed by atoms with E-state index >= 15 is 0 Å². The van der Waals surface area contributed by atoms with Gasteiger partial charge in [0.15, 0.2) is 11.9 Å². The van der Waals surface area contributed by atoms with Gasteiger partial charge in [0, 0.05) is 118 Å². The third-order valence-electron chi connectivity index (χ3n) is 11.2. The van der Waals surface area contributed by atoms with E-state index in [0.29, 0.717) is 5.57 Å². The number of carbonyl (C=O) groups excluding carboxylic acids is 2. The number of rotatable bonds is 4. The molecule has 1 aromatic rings. The van der Waals surface area contributed by atoms with Gasteiger partial charge in [-0.1, -0.05) is 58.0 Å². The summed E-state index contributed by atoms with van der Waals surface area (Å²) in [6, 6.07) is 9.07. The maximum Gasteiger partial charge on any atom is 0.336 e. The largest absolute Gasteiger partial charge is 0.456 e. The summed E-state index contributed by atoms with van der Waals surface area (Å²) < 4.78 is 11.4. The molecule has 0 amide bonds. The summed E-state index contributed by atoms with van der Waals surface area (Å²) in [6.45, 7) is 10.1. The van der Waals surface area contributed by atoms with Crippen molar-refractivity contribution in [3.63, 3.8) is 0 Å². The van der Waals surface area contributed by atoms with Crippen LogP contribution in [0.3, 0.4) is 0 Å². The van der Waals surface area contributed by atoms with Crippen molar-refractivity contribution in [3.8, 4) is 0 Å². The smallest absolute Gasteiger partial charge is 0.336 e. The fourth-order valence-electron chi connectivity index (χ4n) is 8.47. The van der Waals surface area contributed by atoms with Gasteiger partial charge in [0.1, 0.15) is 17.8 Å². The molecule has 5 N–H and O–H groups in total. The fourth-order valence-corrected chi connectivity index (χ4v) is 8.47. The Balaban J connectivity index is 0.00000242. The number of ether oxygens (including phenoxy) is 2. The molecule has 3 fully saturated rings. The van der Waals surface area contributed by atoms with Gasteiger partial charge < -0.3 is 35.0 Å². The van der Waals surface area contributed by atoms with Crippen molar-refractivity contribution in [1.29, 1.82) is 0 Å². The number of Topliss-reactive ketones (excluding diaryl/α,β-unsaturated/α-hetero) is 1. The van der Waals surface area contributed by atoms with Gasteiger partial charge in [-0.25, -0.2) is 4.79 Å². The minimum absolute atomic E-state index is 0. The van der Waals surface area contributed by atoms with Crippen LogP contribution in [0.1, 0.15) is 65.9 Å². The molecule has 0 spiro atoms. The third-order valence-corrected chi connectivity index (χ3v) is 11.2. The zero-order valence-corrected chi connectivity index (χ0v) is 34.6. The minimum Gasteiger partial charge on any atom is -0.456 e. The molecule has 0 aromatic heterocycles. The second kappa shape index (κ2) is 12.7. The van der Waals surface area contributed by atoms with Gasteiger partial charge in [-0.05, 0) is 36.5 Å². The van der Waals surface area contributed by atoms with Crippen LogP contribution in [-0.4, -0.2) is 85.6 Å². The van der Waals surface area contributed by atoms with Crippen LogP contribution in [0.25, 0.3) is 0 Å². The minimum atomic E-state index is -1.72. The van der Waals surface area contributed by atoms with Crippen molar-refractivity contribution in [1.82, 2.24) is 0 Å². The van der Waals surface area contributed by atoms with Crippen LogP contribution in [0.15, 0.2) is 41.5 Å². The molecule has 4 aliphatic rings. The Morgan fingerprint density at radius 2 is 1.69 bits per heavy atom. The fraction of sp³-hybridized carbons (Fsp3) is 0.677. The molecule has 5 rings (SSSR count). The van der Waals surface area contributed by atoms with E-state index in [1.807, 2.05) is 18.2 Å². The summed E-state index contributed by atoms with van der Waals surface area (Å²) >= 11 is 0. The number of benzene rings is 1. The van der Waals surface area contributed by atoms with E-state index in [0.717, 1.165) is 5.56 Å². The molecule has 42 heavy (non-hydrogen) atoms. The Morgan fingerprint density at radius 1 is 1.10 bits per heavy atom. The number of fused-ring (bicyclic) bond motifs is 5. The molecule has 8 unspecified atom stereocenters. The summed E-state index contributed by atoms with van der Waals surface area (Å²) in [7, 11) is 0. The number of ketones is 1. The van der Waals surface area contributed by atoms with E-state index in [1.54, 1.807) is 53.7 Å². The van der Waals surface area contributed by atoms with E-state index in [9.17, 15) is 35.1 Å². The summed E-state index contributed by atoms with van der Waals surface area (Å²) in [5.41, 5.74) is -4.48. The zero-order chi connectivity index (χ0) is 29.6. The predicted molar refractivity (Wildman–Crippen MR) is 144 cm³/mol. The van der Waals surface area contributed by atoms with Crippen LogP contribution in [0.5, 0.6) is 0 Å². The molecule has 1 saturated heterocycles. The zero-order valence-electron chi connectivity index (χ0n) is 25.2. The summed E-state index contributed by atoms with van der Waals surface area (Å²) in [4.78, 5) is 27.3. The summed E-state index contributed by atoms with van der Waals surface area (Å²) in [5, 5.41) is 58.1. The second-order valence-electron chi connectivity index (χ2n) is 13.3. The van der Waals surface area contributed by atoms with E-state index in [-0.39, 0.29) is 113 Å². The molecule has 1 aromatic carbocycles. The Hall–Kier alpha value is 0.743. The van der Waals surface area contributed by atoms with Gasteiger partial charge in [0.05, 0.1) is 29.8 Å². The van der Waals surface area contributed by atoms with Crippen LogP contribution >= 0.6 is 0 Å². The van der Waals surface area contributed by atoms with E-state index in [4.69, 9.17) is 9.47 Å². The molecular formula is C31H42Ac2O9. The average molecular weight is 1010 g/mol. The van der Waals surface area contributed by atoms with Gasteiger partial charge in [-0.2, -0.15) is 0 Å². The molecule has 226 valence electrons. The maximum absolute atomic E-state index is 14.1. The number of carbonyl (C=O) groups is 2. The molecule has 2 saturated carbocycles. The number of aliphatic hydroxyl groups is 5. The van der Waals surface area contributed by atoms with Crippen LogP contribution in [0.4, 0.5) is 0 Å². The number of aliphatic hydroxyl groups excluding tert-OH is 3. The standard InChI is InChI=1S/C31H42O9.2Ac/c1-15(18-10-8-7-9-11-18)23(33)27(36)40-19-13-31(38)17(3)25-29(6,20(32)12-21-30(25,37)14-39-21)26(35)24(34)22(16(19)2)28(31,4)5;;/h7-11,15,17,19-21,23-25,32-34,37-38H,12-14H2,1-6H3;;/t15-,17-,19?,20?,21?,23?,24?,25?,29+,30?,31?;;/m0../s1. The molecule has 3 aliphatic carbocycles. The van der Waals surface area contributed by atoms with Gasteiger partial charge in [-0.3, -0.25) is 4.79 Å². The first kappa shape index (κ1) is 37.2. The normalized spacial score (nSPS) is 41.7. The van der Waals surface area contributed by atoms with E-state index in [2.05, 4.69) is 0 Å². The quantitative estimate of drug-likeness (QED) is 0.224. The molecule has 11 atom stereocenters. The number of hydrogen-bond donors (Lipinski definition) is 5. The first-order valence-corrected chi connectivity index (χ1v) is 14.1. The maximum atomic E-state index is 14.1. The number of esters is 1. The van der Waals surface area contributed by atoms with Crippen LogP contribution < -0.4 is 0 Å². The molecule has 1 heterocycles. The Morgan fingerprint density at radius 3 is 2.24 bits per heavy atom. The summed E-state index contributed by atoms with van der Waals surface area (Å²) in [6.07, 6.45) is -6.20. The molecule has 9 nitrogen and oxygen atoms in total. The van der Waals surface area contributed by atoms with Crippen LogP contribution in [-0.2, 0) is 19.1 Å². The van der Waals surface area contributed by atoms with Crippen molar-refractivity contribution < 1.29 is 133 Å². The first-order valence-electron chi connectivity index (χ1n) is 14.1. The Bertz CT molecular complexity index is 1240. The van der Waals surface area contributed by atoms with Crippen LogP contribution in [0, 0.1) is 111 Å². The van der Waals surface area contributed by atoms with Crippen molar-refractivity contribution in [2.24, 2.45) is 22.7 Å². The molecule has 2 bridgehead atoms. The van der Waals surface area contributed by atoms with Crippen molar-refractivity contribution in [2.75, 3.05) is 6.61 Å². The van der Waals surface area contributed by atoms with Gasteiger partial charge >= 0.3 is 5.97 Å². The van der Waals surface area contributed by atoms with Gasteiger partial charge in [0.2, 0.25) is 0 Å². The van der Waals surface area contributed by atoms with Gasteiger partial charge in [0.25, 0.3) is 0 Å². The van der Waals surface area contributed by atoms with Crippen molar-refractivity contribution >= 4 is 11.8 Å². The summed E-state index contributed by atoms with van der Waals surface area (Å²) in [5.74, 6) is -3.82. The Labute approximate surface area is 318 Å². The van der Waals surface area contributed by atoms with Crippen molar-refractivity contribution in [2.45, 2.75) is 102 Å². The molecule has 2 radical (unpaired) electrons. The van der Waals surface area contributed by atoms with E-state index < -0.39 is 82.1 Å². The monoisotopic (exact) mass is 1010 g/mol. The predicted octanol–water partition coefficient (Wildman–Crippen LogP) is 1.64. The number of hydrogen-bond acceptors (Lipinski definition) is 9. The van der Waals surface area contributed by atoms with E-state index in [1.165, 1.54) is 0 Å². The Kier molecular flexibility index (Phi) is 11.3. The second-order valence-corrected chi connectivity index (χ2v) is 13.3. The topological polar surface area (TPSA) is 154 Å². The molecular weight excluding hydrogens is 970 g/mol. The molecule has 1 aliphatic heterocycles. The first-order chi connectivity index (χ1) is 18.5. The van der Waals surface area contributed by atoms with Crippen molar-refractivity contribution in [3.05, 3.63) is 47.0 Å². The third kappa shape index (κ3) is 5.25. The molecule has 11 heteroatoms. The SMILES string of the molecule is CC1=C2C(O)C(=O)[C@]3(C)C(O)CC4OCC4(O)C3[C@H](C)C(O)(CC1OC(=O)C(O)[C@@H](C)c1ccccc1)C2(C)C.[Ac].[Ac].